The summed E-state index contributed by atoms with van der Waals surface area (Å²) in [6.45, 7) is 0.275. The van der Waals surface area contributed by atoms with Crippen LogP contribution in [0.3, 0.4) is 0 Å². The third kappa shape index (κ3) is 2.95. The minimum Gasteiger partial charge on any atom is -0.478 e. The molecular formula is C14H11NO4. The standard InChI is InChI=1S/C14H11NO4/c16-12-5-2-8-15(12)13(17)7-6-10-3-1-4-11(9-10)14(18)19/h1-7,9H,8H2,(H,18,19). The Morgan fingerprint density at radius 3 is 2.74 bits per heavy atom. The number of amides is 2. The summed E-state index contributed by atoms with van der Waals surface area (Å²) >= 11 is 0. The van der Waals surface area contributed by atoms with Gasteiger partial charge in [-0.15, -0.1) is 0 Å². The minimum absolute atomic E-state index is 0.147. The number of carbonyl (C=O) groups is 3. The molecule has 0 bridgehead atoms. The molecule has 96 valence electrons. The van der Waals surface area contributed by atoms with E-state index in [-0.39, 0.29) is 18.0 Å². The van der Waals surface area contributed by atoms with Gasteiger partial charge < -0.3 is 5.11 Å². The molecular weight excluding hydrogens is 246 g/mol. The molecule has 2 rings (SSSR count). The van der Waals surface area contributed by atoms with Crippen molar-refractivity contribution in [1.82, 2.24) is 4.90 Å². The molecule has 1 aromatic rings. The van der Waals surface area contributed by atoms with Gasteiger partial charge in [0.2, 0.25) is 0 Å². The molecule has 19 heavy (non-hydrogen) atoms. The molecule has 1 aromatic carbocycles. The Morgan fingerprint density at radius 2 is 2.11 bits per heavy atom. The van der Waals surface area contributed by atoms with Crippen LogP contribution in [0.15, 0.2) is 42.5 Å². The molecule has 0 aromatic heterocycles. The number of nitrogens with zero attached hydrogens (tertiary/aromatic N) is 1. The number of rotatable bonds is 3. The zero-order chi connectivity index (χ0) is 13.8. The van der Waals surface area contributed by atoms with Crippen molar-refractivity contribution in [1.29, 1.82) is 0 Å². The number of carbonyl (C=O) groups excluding carboxylic acids is 2. The van der Waals surface area contributed by atoms with Gasteiger partial charge in [0.05, 0.1) is 5.56 Å². The van der Waals surface area contributed by atoms with Crippen LogP contribution >= 0.6 is 0 Å². The topological polar surface area (TPSA) is 74.7 Å². The van der Waals surface area contributed by atoms with Crippen LogP contribution in [-0.4, -0.2) is 34.3 Å². The molecule has 0 radical (unpaired) electrons. The molecule has 1 heterocycles. The van der Waals surface area contributed by atoms with Crippen molar-refractivity contribution in [2.75, 3.05) is 6.54 Å². The normalized spacial score (nSPS) is 14.3. The lowest BCUT2D eigenvalue weighted by atomic mass is 10.1. The van der Waals surface area contributed by atoms with Crippen LogP contribution < -0.4 is 0 Å². The summed E-state index contributed by atoms with van der Waals surface area (Å²) in [7, 11) is 0. The Morgan fingerprint density at radius 1 is 1.32 bits per heavy atom. The summed E-state index contributed by atoms with van der Waals surface area (Å²) in [6, 6.07) is 6.20. The van der Waals surface area contributed by atoms with Crippen LogP contribution in [0, 0.1) is 0 Å². The van der Waals surface area contributed by atoms with Crippen molar-refractivity contribution in [3.8, 4) is 0 Å². The Kier molecular flexibility index (Phi) is 3.56. The first kappa shape index (κ1) is 12.8. The summed E-state index contributed by atoms with van der Waals surface area (Å²) < 4.78 is 0. The highest BCUT2D eigenvalue weighted by Crippen LogP contribution is 2.09. The van der Waals surface area contributed by atoms with Crippen LogP contribution in [0.5, 0.6) is 0 Å². The van der Waals surface area contributed by atoms with Gasteiger partial charge >= 0.3 is 5.97 Å². The summed E-state index contributed by atoms with van der Waals surface area (Å²) in [5.41, 5.74) is 0.737. The fourth-order valence-electron chi connectivity index (χ4n) is 1.67. The maximum absolute atomic E-state index is 11.7. The third-order valence-corrected chi connectivity index (χ3v) is 2.63. The van der Waals surface area contributed by atoms with Crippen molar-refractivity contribution in [2.24, 2.45) is 0 Å². The van der Waals surface area contributed by atoms with E-state index < -0.39 is 11.9 Å². The summed E-state index contributed by atoms with van der Waals surface area (Å²) in [5.74, 6) is -1.79. The lowest BCUT2D eigenvalue weighted by Gasteiger charge is -2.09. The third-order valence-electron chi connectivity index (χ3n) is 2.63. The van der Waals surface area contributed by atoms with Crippen molar-refractivity contribution in [2.45, 2.75) is 0 Å². The van der Waals surface area contributed by atoms with Crippen molar-refractivity contribution in [3.63, 3.8) is 0 Å². The van der Waals surface area contributed by atoms with Crippen molar-refractivity contribution >= 4 is 23.9 Å². The second-order valence-corrected chi connectivity index (χ2v) is 3.95. The fourth-order valence-corrected chi connectivity index (χ4v) is 1.67. The lowest BCUT2D eigenvalue weighted by Crippen LogP contribution is -2.30. The molecule has 1 aliphatic heterocycles. The predicted octanol–water partition coefficient (Wildman–Crippen LogP) is 1.32. The molecule has 5 heteroatoms. The number of imide groups is 1. The molecule has 0 spiro atoms. The van der Waals surface area contributed by atoms with Gasteiger partial charge in [-0.3, -0.25) is 14.5 Å². The molecule has 0 saturated carbocycles. The minimum atomic E-state index is -1.03. The van der Waals surface area contributed by atoms with Crippen LogP contribution in [0.4, 0.5) is 0 Å². The number of benzene rings is 1. The van der Waals surface area contributed by atoms with Gasteiger partial charge in [-0.05, 0) is 23.8 Å². The summed E-state index contributed by atoms with van der Waals surface area (Å²) in [5, 5.41) is 8.84. The van der Waals surface area contributed by atoms with Gasteiger partial charge in [-0.25, -0.2) is 4.79 Å². The van der Waals surface area contributed by atoms with Gasteiger partial charge in [-0.2, -0.15) is 0 Å². The Balaban J connectivity index is 2.10. The Hall–Kier alpha value is -2.69. The number of hydrogen-bond acceptors (Lipinski definition) is 3. The van der Waals surface area contributed by atoms with Gasteiger partial charge in [0.15, 0.2) is 0 Å². The molecule has 2 amide bonds. The number of hydrogen-bond donors (Lipinski definition) is 1. The maximum atomic E-state index is 11.7. The molecule has 5 nitrogen and oxygen atoms in total. The molecule has 1 N–H and O–H groups in total. The smallest absolute Gasteiger partial charge is 0.335 e. The molecule has 0 aliphatic carbocycles. The van der Waals surface area contributed by atoms with Crippen LogP contribution in [0.2, 0.25) is 0 Å². The largest absolute Gasteiger partial charge is 0.478 e. The summed E-state index contributed by atoms with van der Waals surface area (Å²) in [4.78, 5) is 34.9. The van der Waals surface area contributed by atoms with E-state index in [0.29, 0.717) is 5.56 Å². The molecule has 0 unspecified atom stereocenters. The SMILES string of the molecule is O=C(O)c1cccc(C=CC(=O)N2CC=CC2=O)c1. The number of aromatic carboxylic acids is 1. The van der Waals surface area contributed by atoms with E-state index in [2.05, 4.69) is 0 Å². The average molecular weight is 257 g/mol. The van der Waals surface area contributed by atoms with Gasteiger partial charge in [-0.1, -0.05) is 18.2 Å². The highest BCUT2D eigenvalue weighted by molar-refractivity contribution is 6.08. The Bertz CT molecular complexity index is 601. The van der Waals surface area contributed by atoms with E-state index in [4.69, 9.17) is 5.11 Å². The maximum Gasteiger partial charge on any atom is 0.335 e. The lowest BCUT2D eigenvalue weighted by molar-refractivity contribution is -0.137. The molecule has 0 fully saturated rings. The van der Waals surface area contributed by atoms with E-state index in [1.807, 2.05) is 0 Å². The average Bonchev–Trinajstić information content (AvgIpc) is 2.82. The first-order chi connectivity index (χ1) is 9.08. The van der Waals surface area contributed by atoms with Crippen LogP contribution in [0.25, 0.3) is 6.08 Å². The molecule has 0 atom stereocenters. The van der Waals surface area contributed by atoms with Crippen molar-refractivity contribution in [3.05, 3.63) is 53.6 Å². The van der Waals surface area contributed by atoms with E-state index >= 15 is 0 Å². The van der Waals surface area contributed by atoms with Crippen LogP contribution in [-0.2, 0) is 9.59 Å². The van der Waals surface area contributed by atoms with E-state index in [1.165, 1.54) is 30.4 Å². The quantitative estimate of drug-likeness (QED) is 0.829. The second kappa shape index (κ2) is 5.30. The zero-order valence-electron chi connectivity index (χ0n) is 9.95. The van der Waals surface area contributed by atoms with E-state index in [0.717, 1.165) is 4.90 Å². The first-order valence-electron chi connectivity index (χ1n) is 5.61. The van der Waals surface area contributed by atoms with Crippen LogP contribution in [0.1, 0.15) is 15.9 Å². The number of carboxylic acids is 1. The molecule has 1 aliphatic rings. The van der Waals surface area contributed by atoms with Gasteiger partial charge in [0.25, 0.3) is 11.8 Å². The first-order valence-corrected chi connectivity index (χ1v) is 5.61. The zero-order valence-corrected chi connectivity index (χ0v) is 9.95. The summed E-state index contributed by atoms with van der Waals surface area (Å²) in [6.07, 6.45) is 5.70. The number of carboxylic acid groups (broad SMARTS) is 1. The highest BCUT2D eigenvalue weighted by Gasteiger charge is 2.19. The van der Waals surface area contributed by atoms with Gasteiger partial charge in [0.1, 0.15) is 0 Å². The van der Waals surface area contributed by atoms with E-state index in [1.54, 1.807) is 18.2 Å². The monoisotopic (exact) mass is 257 g/mol. The Labute approximate surface area is 109 Å². The highest BCUT2D eigenvalue weighted by atomic mass is 16.4. The van der Waals surface area contributed by atoms with Crippen molar-refractivity contribution < 1.29 is 19.5 Å². The second-order valence-electron chi connectivity index (χ2n) is 3.95. The van der Waals surface area contributed by atoms with E-state index in [9.17, 15) is 14.4 Å². The molecule has 0 saturated heterocycles. The fraction of sp³-hybridized carbons (Fsp3) is 0.0714. The predicted molar refractivity (Wildman–Crippen MR) is 68.3 cm³/mol. The van der Waals surface area contributed by atoms with Gasteiger partial charge in [0, 0.05) is 18.7 Å².